The van der Waals surface area contributed by atoms with Crippen LogP contribution in [0.1, 0.15) is 0 Å². The van der Waals surface area contributed by atoms with E-state index in [9.17, 15) is 0 Å². The van der Waals surface area contributed by atoms with Crippen molar-refractivity contribution in [3.8, 4) is 33.5 Å². The minimum absolute atomic E-state index is 0.585. The molecule has 0 saturated carbocycles. The standard InChI is InChI=1S/C27H17Cl2N/c28-21-15-9-16-22(29)26(21)27-25(19-12-5-2-6-13-19)24(18-10-3-1-4-11-18)20-14-7-8-17-23(20)30-27/h1-17H. The van der Waals surface area contributed by atoms with Crippen molar-refractivity contribution in [3.05, 3.63) is 113 Å². The van der Waals surface area contributed by atoms with Gasteiger partial charge in [0.15, 0.2) is 0 Å². The van der Waals surface area contributed by atoms with Gasteiger partial charge in [-0.15, -0.1) is 0 Å². The van der Waals surface area contributed by atoms with E-state index in [1.54, 1.807) is 0 Å². The number of hydrogen-bond acceptors (Lipinski definition) is 1. The first-order valence-corrected chi connectivity index (χ1v) is 10.5. The Labute approximate surface area is 185 Å². The largest absolute Gasteiger partial charge is 0.247 e. The maximum atomic E-state index is 6.65. The molecule has 30 heavy (non-hydrogen) atoms. The third-order valence-electron chi connectivity index (χ3n) is 5.22. The van der Waals surface area contributed by atoms with Crippen LogP contribution >= 0.6 is 23.2 Å². The van der Waals surface area contributed by atoms with Gasteiger partial charge < -0.3 is 0 Å². The summed E-state index contributed by atoms with van der Waals surface area (Å²) in [5.74, 6) is 0. The van der Waals surface area contributed by atoms with Crippen LogP contribution in [0.3, 0.4) is 0 Å². The normalized spacial score (nSPS) is 11.0. The number of fused-ring (bicyclic) bond motifs is 1. The van der Waals surface area contributed by atoms with Gasteiger partial charge in [0, 0.05) is 22.1 Å². The monoisotopic (exact) mass is 425 g/mol. The van der Waals surface area contributed by atoms with Crippen molar-refractivity contribution in [3.63, 3.8) is 0 Å². The molecular weight excluding hydrogens is 409 g/mol. The van der Waals surface area contributed by atoms with E-state index in [0.29, 0.717) is 10.0 Å². The molecule has 0 fully saturated rings. The minimum atomic E-state index is 0.585. The van der Waals surface area contributed by atoms with Crippen LogP contribution in [0.2, 0.25) is 10.0 Å². The molecule has 3 heteroatoms. The molecule has 144 valence electrons. The molecule has 0 saturated heterocycles. The first-order chi connectivity index (χ1) is 14.7. The van der Waals surface area contributed by atoms with Crippen molar-refractivity contribution in [1.29, 1.82) is 0 Å². The van der Waals surface area contributed by atoms with Gasteiger partial charge in [-0.1, -0.05) is 108 Å². The molecule has 0 aliphatic rings. The van der Waals surface area contributed by atoms with E-state index in [2.05, 4.69) is 42.5 Å². The van der Waals surface area contributed by atoms with Gasteiger partial charge in [0.05, 0.1) is 21.3 Å². The summed E-state index contributed by atoms with van der Waals surface area (Å²) in [5, 5.41) is 2.26. The third-order valence-corrected chi connectivity index (χ3v) is 5.85. The number of rotatable bonds is 3. The Bertz CT molecular complexity index is 1330. The first-order valence-electron chi connectivity index (χ1n) is 9.72. The fourth-order valence-electron chi connectivity index (χ4n) is 3.91. The van der Waals surface area contributed by atoms with Crippen LogP contribution in [-0.2, 0) is 0 Å². The van der Waals surface area contributed by atoms with E-state index in [1.807, 2.05) is 60.7 Å². The Morgan fingerprint density at radius 1 is 0.467 bits per heavy atom. The van der Waals surface area contributed by atoms with E-state index in [-0.39, 0.29) is 0 Å². The third kappa shape index (κ3) is 3.27. The zero-order valence-electron chi connectivity index (χ0n) is 16.0. The van der Waals surface area contributed by atoms with Gasteiger partial charge in [0.2, 0.25) is 0 Å². The Balaban J connectivity index is 2.01. The lowest BCUT2D eigenvalue weighted by Gasteiger charge is -2.19. The lowest BCUT2D eigenvalue weighted by Crippen LogP contribution is -1.97. The Hall–Kier alpha value is -3.13. The molecule has 0 atom stereocenters. The van der Waals surface area contributed by atoms with E-state index in [0.717, 1.165) is 44.4 Å². The molecule has 0 unspecified atom stereocenters. The molecule has 5 rings (SSSR count). The molecule has 0 N–H and O–H groups in total. The summed E-state index contributed by atoms with van der Waals surface area (Å²) >= 11 is 13.3. The van der Waals surface area contributed by atoms with Gasteiger partial charge in [0.25, 0.3) is 0 Å². The maximum absolute atomic E-state index is 6.65. The molecule has 0 aliphatic heterocycles. The second kappa shape index (κ2) is 7.95. The first kappa shape index (κ1) is 18.9. The van der Waals surface area contributed by atoms with Crippen LogP contribution < -0.4 is 0 Å². The van der Waals surface area contributed by atoms with Gasteiger partial charge in [-0.05, 0) is 29.3 Å². The van der Waals surface area contributed by atoms with Gasteiger partial charge in [0.1, 0.15) is 0 Å². The van der Waals surface area contributed by atoms with Gasteiger partial charge in [-0.3, -0.25) is 0 Å². The molecule has 0 spiro atoms. The lowest BCUT2D eigenvalue weighted by atomic mass is 9.88. The maximum Gasteiger partial charge on any atom is 0.0824 e. The van der Waals surface area contributed by atoms with Crippen LogP contribution in [0.4, 0.5) is 0 Å². The number of halogens is 2. The lowest BCUT2D eigenvalue weighted by molar-refractivity contribution is 1.39. The van der Waals surface area contributed by atoms with Crippen LogP contribution in [0.25, 0.3) is 44.4 Å². The van der Waals surface area contributed by atoms with E-state index < -0.39 is 0 Å². The fourth-order valence-corrected chi connectivity index (χ4v) is 4.48. The summed E-state index contributed by atoms with van der Waals surface area (Å²) in [7, 11) is 0. The van der Waals surface area contributed by atoms with Gasteiger partial charge >= 0.3 is 0 Å². The van der Waals surface area contributed by atoms with Crippen LogP contribution in [0.5, 0.6) is 0 Å². The molecular formula is C27H17Cl2N. The number of pyridine rings is 1. The Kier molecular flexibility index (Phi) is 5.00. The quantitative estimate of drug-likeness (QED) is 0.282. The smallest absolute Gasteiger partial charge is 0.0824 e. The Morgan fingerprint density at radius 2 is 1.00 bits per heavy atom. The molecule has 1 aromatic heterocycles. The fraction of sp³-hybridized carbons (Fsp3) is 0. The minimum Gasteiger partial charge on any atom is -0.247 e. The van der Waals surface area contributed by atoms with Crippen molar-refractivity contribution in [2.24, 2.45) is 0 Å². The van der Waals surface area contributed by atoms with Crippen molar-refractivity contribution in [1.82, 2.24) is 4.98 Å². The predicted octanol–water partition coefficient (Wildman–Crippen LogP) is 8.54. The zero-order valence-corrected chi connectivity index (χ0v) is 17.5. The molecule has 1 nitrogen and oxygen atoms in total. The average Bonchev–Trinajstić information content (AvgIpc) is 2.79. The second-order valence-corrected chi connectivity index (χ2v) is 7.87. The van der Waals surface area contributed by atoms with Crippen molar-refractivity contribution in [2.75, 3.05) is 0 Å². The number of benzene rings is 4. The average molecular weight is 426 g/mol. The van der Waals surface area contributed by atoms with Crippen LogP contribution in [0.15, 0.2) is 103 Å². The highest BCUT2D eigenvalue weighted by molar-refractivity contribution is 6.39. The molecule has 0 radical (unpaired) electrons. The molecule has 0 aliphatic carbocycles. The summed E-state index contributed by atoms with van der Waals surface area (Å²) in [5.41, 5.74) is 6.79. The molecule has 1 heterocycles. The highest BCUT2D eigenvalue weighted by Gasteiger charge is 2.22. The topological polar surface area (TPSA) is 12.9 Å². The molecule has 4 aromatic carbocycles. The van der Waals surface area contributed by atoms with Gasteiger partial charge in [-0.2, -0.15) is 0 Å². The highest BCUT2D eigenvalue weighted by Crippen LogP contribution is 2.46. The molecule has 0 bridgehead atoms. The van der Waals surface area contributed by atoms with E-state index in [4.69, 9.17) is 28.2 Å². The van der Waals surface area contributed by atoms with Crippen molar-refractivity contribution >= 4 is 34.1 Å². The summed E-state index contributed by atoms with van der Waals surface area (Å²) in [6, 6.07) is 34.5. The van der Waals surface area contributed by atoms with Gasteiger partial charge in [-0.25, -0.2) is 4.98 Å². The number of aromatic nitrogens is 1. The summed E-state index contributed by atoms with van der Waals surface area (Å²) < 4.78 is 0. The predicted molar refractivity (Wildman–Crippen MR) is 128 cm³/mol. The summed E-state index contributed by atoms with van der Waals surface area (Å²) in [4.78, 5) is 5.06. The highest BCUT2D eigenvalue weighted by atomic mass is 35.5. The van der Waals surface area contributed by atoms with Crippen molar-refractivity contribution in [2.45, 2.75) is 0 Å². The number of hydrogen-bond donors (Lipinski definition) is 0. The van der Waals surface area contributed by atoms with E-state index in [1.165, 1.54) is 0 Å². The van der Waals surface area contributed by atoms with Crippen LogP contribution in [-0.4, -0.2) is 4.98 Å². The van der Waals surface area contributed by atoms with E-state index >= 15 is 0 Å². The zero-order chi connectivity index (χ0) is 20.5. The summed E-state index contributed by atoms with van der Waals surface area (Å²) in [6.45, 7) is 0. The number of para-hydroxylation sites is 1. The molecule has 0 amide bonds. The SMILES string of the molecule is Clc1cccc(Cl)c1-c1nc2ccccc2c(-c2ccccc2)c1-c1ccccc1. The molecule has 5 aromatic rings. The van der Waals surface area contributed by atoms with Crippen LogP contribution in [0, 0.1) is 0 Å². The second-order valence-electron chi connectivity index (χ2n) is 7.06. The summed E-state index contributed by atoms with van der Waals surface area (Å²) in [6.07, 6.45) is 0. The Morgan fingerprint density at radius 3 is 1.63 bits per heavy atom. The number of nitrogens with zero attached hydrogens (tertiary/aromatic N) is 1. The van der Waals surface area contributed by atoms with Crippen molar-refractivity contribution < 1.29 is 0 Å².